The first-order chi connectivity index (χ1) is 26.4. The molecule has 1 aliphatic carbocycles. The summed E-state index contributed by atoms with van der Waals surface area (Å²) in [6, 6.07) is 12.6. The van der Waals surface area contributed by atoms with Crippen molar-refractivity contribution in [3.05, 3.63) is 70.2 Å². The number of ether oxygens (including phenoxy) is 4. The van der Waals surface area contributed by atoms with Gasteiger partial charge in [-0.2, -0.15) is 0 Å². The number of carbonyl (C=O) groups is 4. The number of hydrogen-bond acceptors (Lipinski definition) is 12. The Labute approximate surface area is 343 Å². The summed E-state index contributed by atoms with van der Waals surface area (Å²) < 4.78 is 21.2. The van der Waals surface area contributed by atoms with Crippen molar-refractivity contribution in [1.29, 1.82) is 0 Å². The van der Waals surface area contributed by atoms with Gasteiger partial charge in [0, 0.05) is 41.9 Å². The van der Waals surface area contributed by atoms with Crippen LogP contribution in [-0.4, -0.2) is 72.5 Å². The van der Waals surface area contributed by atoms with Crippen molar-refractivity contribution in [3.8, 4) is 0 Å². The number of nitrogens with one attached hydrogen (secondary N) is 1. The van der Waals surface area contributed by atoms with Crippen molar-refractivity contribution < 1.29 is 43.2 Å². The lowest BCUT2D eigenvalue weighted by atomic mass is 9.87. The van der Waals surface area contributed by atoms with Crippen LogP contribution >= 0.6 is 44.8 Å². The van der Waals surface area contributed by atoms with Gasteiger partial charge >= 0.3 is 18.1 Å². The number of para-hydroxylation sites is 2. The lowest BCUT2D eigenvalue weighted by molar-refractivity contribution is -0.142. The monoisotopic (exact) mass is 839 g/mol. The number of aliphatic hydroxyl groups is 1. The number of ketones is 1. The van der Waals surface area contributed by atoms with E-state index in [0.717, 1.165) is 44.1 Å². The van der Waals surface area contributed by atoms with Gasteiger partial charge in [-0.1, -0.05) is 120 Å². The molecule has 4 atom stereocenters. The van der Waals surface area contributed by atoms with Crippen molar-refractivity contribution in [1.82, 2.24) is 0 Å². The minimum absolute atomic E-state index is 0.0512. The van der Waals surface area contributed by atoms with E-state index in [4.69, 9.17) is 42.1 Å². The summed E-state index contributed by atoms with van der Waals surface area (Å²) in [4.78, 5) is 49.8. The molecule has 304 valence electrons. The third kappa shape index (κ3) is 17.4. The summed E-state index contributed by atoms with van der Waals surface area (Å²) in [5, 5.41) is 14.9. The fourth-order valence-electron chi connectivity index (χ4n) is 6.30. The Morgan fingerprint density at radius 1 is 0.945 bits per heavy atom. The Balaban J connectivity index is 1.38. The minimum atomic E-state index is -0.852. The second-order valence-corrected chi connectivity index (χ2v) is 17.3. The molecule has 10 nitrogen and oxygen atoms in total. The Morgan fingerprint density at radius 3 is 2.35 bits per heavy atom. The van der Waals surface area contributed by atoms with E-state index in [1.807, 2.05) is 43.3 Å². The van der Waals surface area contributed by atoms with Crippen molar-refractivity contribution >= 4 is 80.0 Å². The summed E-state index contributed by atoms with van der Waals surface area (Å²) in [7, 11) is 4.36. The Kier molecular flexibility index (Phi) is 21.4. The molecule has 1 unspecified atom stereocenters. The molecule has 0 aliphatic heterocycles. The largest absolute Gasteiger partial charge is 0.508 e. The van der Waals surface area contributed by atoms with Crippen LogP contribution in [-0.2, 0) is 39.8 Å². The summed E-state index contributed by atoms with van der Waals surface area (Å²) in [6.07, 6.45) is 9.90. The molecule has 2 N–H and O–H groups in total. The molecule has 0 spiro atoms. The van der Waals surface area contributed by atoms with Crippen LogP contribution in [0.3, 0.4) is 0 Å². The highest BCUT2D eigenvalue weighted by Crippen LogP contribution is 2.37. The average Bonchev–Trinajstić information content (AvgIpc) is 3.44. The van der Waals surface area contributed by atoms with Crippen LogP contribution in [0.4, 0.5) is 16.2 Å². The van der Waals surface area contributed by atoms with E-state index in [-0.39, 0.29) is 55.6 Å². The van der Waals surface area contributed by atoms with Gasteiger partial charge in [0.2, 0.25) is 0 Å². The van der Waals surface area contributed by atoms with E-state index in [9.17, 15) is 24.3 Å². The molecule has 2 aromatic rings. The van der Waals surface area contributed by atoms with Crippen molar-refractivity contribution in [2.24, 2.45) is 11.8 Å². The summed E-state index contributed by atoms with van der Waals surface area (Å²) in [5.74, 6) is -0.101. The number of methoxy groups -OCH3 is 1. The molecule has 0 amide bonds. The normalized spacial score (nSPS) is 17.9. The average molecular weight is 841 g/mol. The zero-order chi connectivity index (χ0) is 40.1. The number of unbranched alkanes of at least 4 members (excludes halogenated alkanes) is 4. The maximum atomic E-state index is 13.1. The van der Waals surface area contributed by atoms with E-state index in [1.165, 1.54) is 28.7 Å². The van der Waals surface area contributed by atoms with Crippen molar-refractivity contribution in [2.45, 2.75) is 103 Å². The second kappa shape index (κ2) is 25.4. The molecule has 14 heteroatoms. The van der Waals surface area contributed by atoms with Gasteiger partial charge in [0.25, 0.3) is 0 Å². The summed E-state index contributed by atoms with van der Waals surface area (Å²) in [6.45, 7) is 4.23. The van der Waals surface area contributed by atoms with Crippen LogP contribution in [0.25, 0.3) is 0 Å². The van der Waals surface area contributed by atoms with Gasteiger partial charge in [0.1, 0.15) is 25.1 Å². The van der Waals surface area contributed by atoms with Crippen LogP contribution in [0.5, 0.6) is 0 Å². The fraction of sp³-hybridized carbons (Fsp3) is 0.561. The molecule has 0 saturated heterocycles. The summed E-state index contributed by atoms with van der Waals surface area (Å²) >= 11 is 12.6. The molecule has 0 bridgehead atoms. The molecule has 1 fully saturated rings. The molecule has 0 heterocycles. The fourth-order valence-corrected chi connectivity index (χ4v) is 8.44. The number of benzene rings is 2. The van der Waals surface area contributed by atoms with Gasteiger partial charge in [-0.05, 0) is 56.4 Å². The number of halogens is 2. The molecule has 0 aromatic heterocycles. The highest BCUT2D eigenvalue weighted by atomic mass is 35.5. The van der Waals surface area contributed by atoms with Crippen LogP contribution in [0.1, 0.15) is 90.0 Å². The van der Waals surface area contributed by atoms with Crippen LogP contribution in [0.15, 0.2) is 54.6 Å². The predicted molar refractivity (Wildman–Crippen MR) is 222 cm³/mol. The predicted octanol–water partition coefficient (Wildman–Crippen LogP) is 10.3. The van der Waals surface area contributed by atoms with Gasteiger partial charge in [-0.25, -0.2) is 4.79 Å². The topological polar surface area (TPSA) is 137 Å². The highest BCUT2D eigenvalue weighted by Gasteiger charge is 2.43. The lowest BCUT2D eigenvalue weighted by Gasteiger charge is -2.23. The molecular formula is C41H55Cl2NO9S2. The van der Waals surface area contributed by atoms with E-state index in [2.05, 4.69) is 12.2 Å². The van der Waals surface area contributed by atoms with Gasteiger partial charge in [-0.15, -0.1) is 0 Å². The maximum absolute atomic E-state index is 13.1. The lowest BCUT2D eigenvalue weighted by Crippen LogP contribution is -2.26. The third-order valence-electron chi connectivity index (χ3n) is 9.29. The van der Waals surface area contributed by atoms with Crippen LogP contribution in [0, 0.1) is 11.8 Å². The van der Waals surface area contributed by atoms with Gasteiger partial charge in [0.15, 0.2) is 0 Å². The number of anilines is 2. The van der Waals surface area contributed by atoms with Gasteiger partial charge in [0.05, 0.1) is 34.9 Å². The number of hydrogen-bond donors (Lipinski definition) is 2. The first kappa shape index (κ1) is 46.5. The van der Waals surface area contributed by atoms with Gasteiger partial charge < -0.3 is 29.4 Å². The Morgan fingerprint density at radius 2 is 1.64 bits per heavy atom. The van der Waals surface area contributed by atoms with E-state index in [1.54, 1.807) is 18.2 Å². The Bertz CT molecular complexity index is 1540. The maximum Gasteiger partial charge on any atom is 0.508 e. The highest BCUT2D eigenvalue weighted by molar-refractivity contribution is 8.76. The Hall–Kier alpha value is -2.90. The zero-order valence-electron chi connectivity index (χ0n) is 32.0. The van der Waals surface area contributed by atoms with E-state index < -0.39 is 17.9 Å². The minimum Gasteiger partial charge on any atom is -0.469 e. The second-order valence-electron chi connectivity index (χ2n) is 13.8. The van der Waals surface area contributed by atoms with E-state index in [0.29, 0.717) is 58.6 Å². The molecule has 1 saturated carbocycles. The smallest absolute Gasteiger partial charge is 0.469 e. The van der Waals surface area contributed by atoms with E-state index >= 15 is 0 Å². The number of rotatable bonds is 25. The van der Waals surface area contributed by atoms with Gasteiger partial charge in [-0.3, -0.25) is 14.4 Å². The molecule has 1 aliphatic rings. The molecule has 2 aromatic carbocycles. The molecule has 55 heavy (non-hydrogen) atoms. The zero-order valence-corrected chi connectivity index (χ0v) is 35.2. The molecular weight excluding hydrogens is 785 g/mol. The first-order valence-corrected chi connectivity index (χ1v) is 22.2. The SMILES string of the molecule is CCCCC(C)(O)C/C=C/[C@H]1[C@H](OC(=O)OCCSSCCOC(=O)Cc2ccccc2Nc2c(Cl)cccc2Cl)CC(=O)[C@@H]1CCCCCCC(=O)OC. The summed E-state index contributed by atoms with van der Waals surface area (Å²) in [5.41, 5.74) is 1.16. The molecule has 0 radical (unpaired) electrons. The molecule has 3 rings (SSSR count). The first-order valence-electron chi connectivity index (χ1n) is 18.9. The number of esters is 2. The van der Waals surface area contributed by atoms with Crippen molar-refractivity contribution in [2.75, 3.05) is 37.1 Å². The third-order valence-corrected chi connectivity index (χ3v) is 12.3. The van der Waals surface area contributed by atoms with Crippen molar-refractivity contribution in [3.63, 3.8) is 0 Å². The standard InChI is InChI=1S/C41H55Cl2NO9S2/c1-4-5-21-41(2,49)22-13-16-31-30(15-8-6-7-9-20-37(46)50-3)35(45)28-36(31)53-40(48)52-24-26-55-54-25-23-51-38(47)27-29-14-10-11-19-34(29)44-39-32(42)17-12-18-33(39)43/h10-14,16-19,30-31,36,44,49H,4-9,15,20-28H2,1-3H3/b16-13+/t30-,31-,36-,41?/m1/s1. The number of carbonyl (C=O) groups excluding carboxylic acids is 4. The van der Waals surface area contributed by atoms with Crippen LogP contribution < -0.4 is 5.32 Å². The quantitative estimate of drug-likeness (QED) is 0.0324. The number of Topliss-reactive ketones (excluding diaryl/α,β-unsaturated/α-hetero) is 1. The van der Waals surface area contributed by atoms with Crippen LogP contribution in [0.2, 0.25) is 10.0 Å².